The first-order valence-electron chi connectivity index (χ1n) is 46.4. The van der Waals surface area contributed by atoms with Gasteiger partial charge in [-0.25, -0.2) is 0 Å². The maximum atomic E-state index is 2.37. The predicted octanol–water partition coefficient (Wildman–Crippen LogP) is 33.7. The van der Waals surface area contributed by atoms with Gasteiger partial charge in [0.25, 0.3) is 0 Å². The van der Waals surface area contributed by atoms with E-state index < -0.39 is 0 Å². The van der Waals surface area contributed by atoms with Gasteiger partial charge in [-0.3, -0.25) is 0 Å². The summed E-state index contributed by atoms with van der Waals surface area (Å²) in [6.07, 6.45) is 12.6. The van der Waals surface area contributed by atoms with E-state index in [0.717, 1.165) is 77.0 Å². The molecule has 0 saturated carbocycles. The Kier molecular flexibility index (Phi) is 31.4. The highest BCUT2D eigenvalue weighted by atomic mass is 14.2. The third kappa shape index (κ3) is 25.2. The summed E-state index contributed by atoms with van der Waals surface area (Å²) in [5.41, 5.74) is 41.6. The summed E-state index contributed by atoms with van der Waals surface area (Å²) >= 11 is 0. The number of aryl methyl sites for hydroxylation is 18. The second-order valence-electron chi connectivity index (χ2n) is 36.0. The molecule has 0 radical (unpaired) electrons. The number of hydrogen-bond acceptors (Lipinski definition) is 0. The van der Waals surface area contributed by atoms with Gasteiger partial charge in [0.2, 0.25) is 0 Å². The molecule has 0 heteroatoms. The summed E-state index contributed by atoms with van der Waals surface area (Å²) in [6, 6.07) is 122. The molecule has 0 spiro atoms. The number of fused-ring (bicyclic) bond motifs is 6. The highest BCUT2D eigenvalue weighted by Crippen LogP contribution is 2.32. The summed E-state index contributed by atoms with van der Waals surface area (Å²) in [5, 5.41) is 16.4. The fraction of sp³-hybridized carbons (Fsp3) is 0.238. The average molecular weight is 1650 g/mol. The monoisotopic (exact) mass is 1650 g/mol. The molecule has 0 aliphatic carbocycles. The van der Waals surface area contributed by atoms with Gasteiger partial charge in [-0.1, -0.05) is 436 Å². The number of benzene rings is 18. The van der Waals surface area contributed by atoms with Crippen molar-refractivity contribution < 1.29 is 0 Å². The molecular formula is C126H132. The van der Waals surface area contributed by atoms with Crippen LogP contribution in [0.5, 0.6) is 0 Å². The molecule has 0 nitrogen and oxygen atoms in total. The van der Waals surface area contributed by atoms with Gasteiger partial charge in [-0.2, -0.15) is 0 Å². The van der Waals surface area contributed by atoms with Crippen LogP contribution in [0.4, 0.5) is 0 Å². The Morgan fingerprint density at radius 3 is 0.770 bits per heavy atom. The highest BCUT2D eigenvalue weighted by molar-refractivity contribution is 5.91. The van der Waals surface area contributed by atoms with Crippen molar-refractivity contribution in [3.63, 3.8) is 0 Å². The second-order valence-corrected chi connectivity index (χ2v) is 36.0. The van der Waals surface area contributed by atoms with E-state index >= 15 is 0 Å². The standard InChI is InChI=1S/6C21H22/c1-4-17-5-7-21-14-18(6-8-20(21)13-17)12-19-10-15(2)9-16(3)11-19;1-4-17-5-7-20-8-6-18(14-21(20)13-17)12-19-10-15(2)9-16(3)11-19;1-4-18-7-5-8-19-9-6-10-20(21(18)19)14-17-12-15(2)11-16(3)13-17;1-4-19-6-5-7-20-14-17(8-9-21(19)20)13-18-11-15(2)10-16(3)12-18;1-4-19-6-5-7-20-9-8-17(14-21(19)20)13-18-11-15(2)10-16(3)12-18;1-4-17-8-9-19-6-5-7-20(21(19)14-17)13-18-11-15(2)10-16(3)12-18/h2*5-11,13-14H,4,12H2,1-3H3;5-13H,4,14H2,1-3H3;3*5-12,14H,4,13H2,1-3H3. The van der Waals surface area contributed by atoms with Gasteiger partial charge in [0.15, 0.2) is 0 Å². The largest absolute Gasteiger partial charge is 0.0614 e. The first-order chi connectivity index (χ1) is 60.9. The van der Waals surface area contributed by atoms with E-state index in [9.17, 15) is 0 Å². The lowest BCUT2D eigenvalue weighted by Crippen LogP contribution is -1.94. The summed E-state index contributed by atoms with van der Waals surface area (Å²) in [7, 11) is 0. The molecule has 0 heterocycles. The molecule has 0 fully saturated rings. The Labute approximate surface area is 755 Å². The van der Waals surface area contributed by atoms with Gasteiger partial charge in [0.1, 0.15) is 0 Å². The van der Waals surface area contributed by atoms with E-state index in [2.05, 4.69) is 452 Å². The van der Waals surface area contributed by atoms with Gasteiger partial charge in [-0.15, -0.1) is 0 Å². The SMILES string of the molecule is CCc1ccc2cc(Cc3cc(C)cc(C)c3)ccc2c1.CCc1ccc2ccc(Cc3cc(C)cc(C)c3)cc2c1.CCc1ccc2cccc(Cc3cc(C)cc(C)c3)c2c1.CCc1cccc2cc(Cc3cc(C)cc(C)c3)ccc12.CCc1cccc2ccc(Cc3cc(C)cc(C)c3)cc12.CCc1cccc2cccc(Cc3cc(C)cc(C)c3)c12. The van der Waals surface area contributed by atoms with E-state index in [4.69, 9.17) is 0 Å². The van der Waals surface area contributed by atoms with Crippen LogP contribution in [0.3, 0.4) is 0 Å². The van der Waals surface area contributed by atoms with E-state index in [1.807, 2.05) is 0 Å². The van der Waals surface area contributed by atoms with E-state index in [0.29, 0.717) is 0 Å². The van der Waals surface area contributed by atoms with Crippen molar-refractivity contribution in [1.29, 1.82) is 0 Å². The molecule has 18 aromatic carbocycles. The topological polar surface area (TPSA) is 0 Å². The lowest BCUT2D eigenvalue weighted by atomic mass is 9.93. The molecule has 0 N–H and O–H groups in total. The van der Waals surface area contributed by atoms with Crippen LogP contribution in [0.15, 0.2) is 328 Å². The molecule has 18 aromatic rings. The van der Waals surface area contributed by atoms with E-state index in [1.165, 1.54) is 232 Å². The molecule has 636 valence electrons. The van der Waals surface area contributed by atoms with Gasteiger partial charge in [-0.05, 0) is 325 Å². The molecule has 0 aliphatic heterocycles. The first kappa shape index (κ1) is 91.2. The number of rotatable bonds is 18. The van der Waals surface area contributed by atoms with Crippen LogP contribution in [0.1, 0.15) is 208 Å². The molecule has 0 aromatic heterocycles. The lowest BCUT2D eigenvalue weighted by molar-refractivity contribution is 1.14. The van der Waals surface area contributed by atoms with Gasteiger partial charge >= 0.3 is 0 Å². The summed E-state index contributed by atoms with van der Waals surface area (Å²) in [5.74, 6) is 0. The lowest BCUT2D eigenvalue weighted by Gasteiger charge is -2.12. The van der Waals surface area contributed by atoms with Crippen LogP contribution in [0.2, 0.25) is 0 Å². The van der Waals surface area contributed by atoms with Gasteiger partial charge in [0.05, 0.1) is 0 Å². The predicted molar refractivity (Wildman–Crippen MR) is 552 cm³/mol. The Balaban J connectivity index is 0.000000130. The molecule has 0 bridgehead atoms. The smallest absolute Gasteiger partial charge is 0.00193 e. The average Bonchev–Trinajstić information content (AvgIpc) is 0.798. The molecular weight excluding hydrogens is 1510 g/mol. The summed E-state index contributed by atoms with van der Waals surface area (Å²) < 4.78 is 0. The van der Waals surface area contributed by atoms with Crippen molar-refractivity contribution in [3.05, 3.63) is 494 Å². The normalized spacial score (nSPS) is 11.0. The third-order valence-corrected chi connectivity index (χ3v) is 24.6. The zero-order valence-electron chi connectivity index (χ0n) is 78.7. The van der Waals surface area contributed by atoms with Crippen LogP contribution in [0.25, 0.3) is 64.6 Å². The molecule has 0 aliphatic rings. The minimum absolute atomic E-state index is 1.01. The Morgan fingerprint density at radius 2 is 0.381 bits per heavy atom. The zero-order chi connectivity index (χ0) is 88.9. The Hall–Kier alpha value is -12.5. The molecule has 0 saturated heterocycles. The minimum Gasteiger partial charge on any atom is -0.0614 e. The first-order valence-corrected chi connectivity index (χ1v) is 46.4. The fourth-order valence-electron chi connectivity index (χ4n) is 19.1. The molecule has 126 heavy (non-hydrogen) atoms. The van der Waals surface area contributed by atoms with Crippen molar-refractivity contribution in [2.45, 2.75) is 202 Å². The maximum Gasteiger partial charge on any atom is -0.00193 e. The van der Waals surface area contributed by atoms with Crippen LogP contribution < -0.4 is 0 Å². The van der Waals surface area contributed by atoms with Crippen LogP contribution in [0, 0.1) is 83.1 Å². The molecule has 18 rings (SSSR count). The van der Waals surface area contributed by atoms with E-state index in [-0.39, 0.29) is 0 Å². The van der Waals surface area contributed by atoms with Crippen molar-refractivity contribution in [2.24, 2.45) is 0 Å². The minimum atomic E-state index is 1.01. The molecule has 0 amide bonds. The fourth-order valence-corrected chi connectivity index (χ4v) is 19.1. The maximum absolute atomic E-state index is 2.37. The summed E-state index contributed by atoms with van der Waals surface area (Å²) in [6.45, 7) is 39.4. The van der Waals surface area contributed by atoms with Gasteiger partial charge < -0.3 is 0 Å². The number of hydrogen-bond donors (Lipinski definition) is 0. The third-order valence-electron chi connectivity index (χ3n) is 24.6. The second kappa shape index (κ2) is 43.4. The zero-order valence-corrected chi connectivity index (χ0v) is 78.7. The van der Waals surface area contributed by atoms with Crippen molar-refractivity contribution >= 4 is 64.6 Å². The highest BCUT2D eigenvalue weighted by Gasteiger charge is 2.13. The van der Waals surface area contributed by atoms with Crippen LogP contribution in [-0.4, -0.2) is 0 Å². The molecule has 0 unspecified atom stereocenters. The Bertz CT molecular complexity index is 6600. The Morgan fingerprint density at radius 1 is 0.135 bits per heavy atom. The van der Waals surface area contributed by atoms with Crippen molar-refractivity contribution in [1.82, 2.24) is 0 Å². The van der Waals surface area contributed by atoms with Crippen molar-refractivity contribution in [2.75, 3.05) is 0 Å². The van der Waals surface area contributed by atoms with Gasteiger partial charge in [0, 0.05) is 0 Å². The van der Waals surface area contributed by atoms with E-state index in [1.54, 1.807) is 0 Å². The summed E-state index contributed by atoms with van der Waals surface area (Å²) in [4.78, 5) is 0. The van der Waals surface area contributed by atoms with Crippen molar-refractivity contribution in [3.8, 4) is 0 Å². The van der Waals surface area contributed by atoms with Crippen LogP contribution >= 0.6 is 0 Å². The van der Waals surface area contributed by atoms with Crippen LogP contribution in [-0.2, 0) is 77.0 Å². The quantitative estimate of drug-likeness (QED) is 0.0803. The molecule has 0 atom stereocenters.